The van der Waals surface area contributed by atoms with Crippen LogP contribution in [0.1, 0.15) is 26.6 Å². The SMILES string of the molecule is Cc1cccc(C(=O)NCC(Br)c2ccccc2)n1. The van der Waals surface area contributed by atoms with Gasteiger partial charge >= 0.3 is 0 Å². The zero-order chi connectivity index (χ0) is 13.7. The van der Waals surface area contributed by atoms with E-state index in [9.17, 15) is 4.79 Å². The molecule has 1 unspecified atom stereocenters. The molecule has 0 saturated heterocycles. The number of hydrogen-bond acceptors (Lipinski definition) is 2. The van der Waals surface area contributed by atoms with Crippen LogP contribution >= 0.6 is 15.9 Å². The standard InChI is InChI=1S/C15H15BrN2O/c1-11-6-5-9-14(18-11)15(19)17-10-13(16)12-7-3-2-4-8-12/h2-9,13H,10H2,1H3,(H,17,19). The fourth-order valence-electron chi connectivity index (χ4n) is 1.72. The van der Waals surface area contributed by atoms with Crippen molar-refractivity contribution in [2.45, 2.75) is 11.8 Å². The van der Waals surface area contributed by atoms with Crippen LogP contribution in [0.15, 0.2) is 48.5 Å². The van der Waals surface area contributed by atoms with Gasteiger partial charge in [0.05, 0.1) is 4.83 Å². The highest BCUT2D eigenvalue weighted by molar-refractivity contribution is 9.09. The van der Waals surface area contributed by atoms with Crippen LogP contribution in [-0.4, -0.2) is 17.4 Å². The number of nitrogens with zero attached hydrogens (tertiary/aromatic N) is 1. The van der Waals surface area contributed by atoms with Crippen LogP contribution in [0.25, 0.3) is 0 Å². The summed E-state index contributed by atoms with van der Waals surface area (Å²) in [7, 11) is 0. The second kappa shape index (κ2) is 6.48. The normalized spacial score (nSPS) is 11.9. The molecule has 3 nitrogen and oxygen atoms in total. The summed E-state index contributed by atoms with van der Waals surface area (Å²) in [6, 6.07) is 15.4. The van der Waals surface area contributed by atoms with E-state index in [1.54, 1.807) is 6.07 Å². The first-order valence-electron chi connectivity index (χ1n) is 6.07. The Balaban J connectivity index is 1.94. The summed E-state index contributed by atoms with van der Waals surface area (Å²) in [5.41, 5.74) is 2.43. The number of amides is 1. The quantitative estimate of drug-likeness (QED) is 0.879. The number of nitrogens with one attached hydrogen (secondary N) is 1. The number of halogens is 1. The Morgan fingerprint density at radius 3 is 2.63 bits per heavy atom. The van der Waals surface area contributed by atoms with E-state index in [0.29, 0.717) is 12.2 Å². The molecule has 0 aliphatic heterocycles. The second-order valence-corrected chi connectivity index (χ2v) is 5.36. The van der Waals surface area contributed by atoms with Gasteiger partial charge in [0.1, 0.15) is 5.69 Å². The minimum Gasteiger partial charge on any atom is -0.349 e. The molecule has 1 amide bonds. The van der Waals surface area contributed by atoms with Gasteiger partial charge in [-0.1, -0.05) is 52.3 Å². The zero-order valence-electron chi connectivity index (χ0n) is 10.6. The molecular formula is C15H15BrN2O. The van der Waals surface area contributed by atoms with E-state index in [1.165, 1.54) is 0 Å². The lowest BCUT2D eigenvalue weighted by atomic mass is 10.1. The lowest BCUT2D eigenvalue weighted by Crippen LogP contribution is -2.27. The third-order valence-electron chi connectivity index (χ3n) is 2.72. The molecule has 1 aromatic heterocycles. The summed E-state index contributed by atoms with van der Waals surface area (Å²) < 4.78 is 0. The maximum absolute atomic E-state index is 11.9. The van der Waals surface area contributed by atoms with E-state index in [-0.39, 0.29) is 10.7 Å². The molecule has 2 rings (SSSR count). The molecule has 2 aromatic rings. The molecule has 0 fully saturated rings. The molecule has 0 spiro atoms. The van der Waals surface area contributed by atoms with Crippen LogP contribution in [0.5, 0.6) is 0 Å². The summed E-state index contributed by atoms with van der Waals surface area (Å²) in [4.78, 5) is 16.2. The fraction of sp³-hybridized carbons (Fsp3) is 0.200. The third kappa shape index (κ3) is 3.89. The molecule has 1 heterocycles. The van der Waals surface area contributed by atoms with Gasteiger partial charge in [-0.05, 0) is 24.6 Å². The molecule has 98 valence electrons. The van der Waals surface area contributed by atoms with Crippen LogP contribution in [0.2, 0.25) is 0 Å². The summed E-state index contributed by atoms with van der Waals surface area (Å²) in [6.07, 6.45) is 0. The Kier molecular flexibility index (Phi) is 4.68. The van der Waals surface area contributed by atoms with Crippen molar-refractivity contribution < 1.29 is 4.79 Å². The van der Waals surface area contributed by atoms with E-state index in [4.69, 9.17) is 0 Å². The van der Waals surface area contributed by atoms with Crippen molar-refractivity contribution in [3.63, 3.8) is 0 Å². The molecule has 4 heteroatoms. The number of carbonyl (C=O) groups excluding carboxylic acids is 1. The lowest BCUT2D eigenvalue weighted by Gasteiger charge is -2.11. The first kappa shape index (κ1) is 13.7. The molecule has 1 N–H and O–H groups in total. The second-order valence-electron chi connectivity index (χ2n) is 4.25. The number of aryl methyl sites for hydroxylation is 1. The van der Waals surface area contributed by atoms with Crippen LogP contribution in [0.3, 0.4) is 0 Å². The number of aromatic nitrogens is 1. The van der Waals surface area contributed by atoms with Crippen molar-refractivity contribution in [2.24, 2.45) is 0 Å². The molecule has 0 bridgehead atoms. The fourth-order valence-corrected chi connectivity index (χ4v) is 2.19. The molecule has 1 atom stereocenters. The monoisotopic (exact) mass is 318 g/mol. The van der Waals surface area contributed by atoms with Gasteiger partial charge in [-0.3, -0.25) is 4.79 Å². The first-order chi connectivity index (χ1) is 9.16. The van der Waals surface area contributed by atoms with Crippen molar-refractivity contribution in [3.05, 3.63) is 65.5 Å². The van der Waals surface area contributed by atoms with Gasteiger partial charge in [0.25, 0.3) is 5.91 Å². The average Bonchev–Trinajstić information content (AvgIpc) is 2.45. The molecule has 1 aromatic carbocycles. The van der Waals surface area contributed by atoms with Crippen molar-refractivity contribution in [2.75, 3.05) is 6.54 Å². The van der Waals surface area contributed by atoms with Gasteiger partial charge in [0, 0.05) is 12.2 Å². The molecule has 0 aliphatic carbocycles. The predicted octanol–water partition coefficient (Wildman–Crippen LogP) is 3.26. The minimum atomic E-state index is -0.149. The smallest absolute Gasteiger partial charge is 0.269 e. The van der Waals surface area contributed by atoms with Crippen LogP contribution in [-0.2, 0) is 0 Å². The summed E-state index contributed by atoms with van der Waals surface area (Å²) in [5.74, 6) is -0.149. The van der Waals surface area contributed by atoms with Crippen molar-refractivity contribution in [3.8, 4) is 0 Å². The number of hydrogen-bond donors (Lipinski definition) is 1. The number of carbonyl (C=O) groups is 1. The Labute approximate surface area is 121 Å². The van der Waals surface area contributed by atoms with Gasteiger partial charge in [-0.2, -0.15) is 0 Å². The van der Waals surface area contributed by atoms with Crippen LogP contribution in [0.4, 0.5) is 0 Å². The maximum Gasteiger partial charge on any atom is 0.269 e. The molecule has 0 saturated carbocycles. The van der Waals surface area contributed by atoms with E-state index < -0.39 is 0 Å². The summed E-state index contributed by atoms with van der Waals surface area (Å²) in [5, 5.41) is 2.88. The Hall–Kier alpha value is -1.68. The summed E-state index contributed by atoms with van der Waals surface area (Å²) >= 11 is 3.57. The van der Waals surface area contributed by atoms with Gasteiger partial charge in [0.15, 0.2) is 0 Å². The predicted molar refractivity (Wildman–Crippen MR) is 79.4 cm³/mol. The van der Waals surface area contributed by atoms with Crippen molar-refractivity contribution in [1.29, 1.82) is 0 Å². The number of rotatable bonds is 4. The highest BCUT2D eigenvalue weighted by atomic mass is 79.9. The minimum absolute atomic E-state index is 0.0995. The number of pyridine rings is 1. The zero-order valence-corrected chi connectivity index (χ0v) is 12.2. The average molecular weight is 319 g/mol. The van der Waals surface area contributed by atoms with E-state index in [1.807, 2.05) is 49.4 Å². The number of alkyl halides is 1. The Morgan fingerprint density at radius 2 is 1.95 bits per heavy atom. The number of benzene rings is 1. The van der Waals surface area contributed by atoms with Gasteiger partial charge in [0.2, 0.25) is 0 Å². The van der Waals surface area contributed by atoms with Gasteiger partial charge in [-0.15, -0.1) is 0 Å². The van der Waals surface area contributed by atoms with Gasteiger partial charge < -0.3 is 5.32 Å². The van der Waals surface area contributed by atoms with Gasteiger partial charge in [-0.25, -0.2) is 4.98 Å². The highest BCUT2D eigenvalue weighted by Crippen LogP contribution is 2.21. The topological polar surface area (TPSA) is 42.0 Å². The molecular weight excluding hydrogens is 304 g/mol. The Bertz CT molecular complexity index is 557. The van der Waals surface area contributed by atoms with E-state index in [2.05, 4.69) is 26.2 Å². The van der Waals surface area contributed by atoms with E-state index >= 15 is 0 Å². The Morgan fingerprint density at radius 1 is 1.21 bits per heavy atom. The van der Waals surface area contributed by atoms with Crippen LogP contribution in [0, 0.1) is 6.92 Å². The van der Waals surface area contributed by atoms with Crippen LogP contribution < -0.4 is 5.32 Å². The largest absolute Gasteiger partial charge is 0.349 e. The van der Waals surface area contributed by atoms with Crippen molar-refractivity contribution >= 4 is 21.8 Å². The first-order valence-corrected chi connectivity index (χ1v) is 6.99. The van der Waals surface area contributed by atoms with E-state index in [0.717, 1.165) is 11.3 Å². The lowest BCUT2D eigenvalue weighted by molar-refractivity contribution is 0.0949. The third-order valence-corrected chi connectivity index (χ3v) is 3.58. The van der Waals surface area contributed by atoms with Crippen molar-refractivity contribution in [1.82, 2.24) is 10.3 Å². The molecule has 0 aliphatic rings. The molecule has 19 heavy (non-hydrogen) atoms. The summed E-state index contributed by atoms with van der Waals surface area (Å²) in [6.45, 7) is 2.40. The highest BCUT2D eigenvalue weighted by Gasteiger charge is 2.11. The maximum atomic E-state index is 11.9. The molecule has 0 radical (unpaired) electrons.